The molecule has 11 heteroatoms. The van der Waals surface area contributed by atoms with E-state index in [2.05, 4.69) is 16.0 Å². The second kappa shape index (κ2) is 7.55. The van der Waals surface area contributed by atoms with E-state index in [1.165, 1.54) is 12.1 Å². The number of carbonyl (C=O) groups is 2. The topological polar surface area (TPSA) is 79.5 Å². The zero-order valence-electron chi connectivity index (χ0n) is 15.1. The molecule has 5 rings (SSSR count). The monoisotopic (exact) mass is 449 g/mol. The number of rotatable bonds is 7. The van der Waals surface area contributed by atoms with Crippen LogP contribution in [0.2, 0.25) is 5.02 Å². The van der Waals surface area contributed by atoms with Gasteiger partial charge in [-0.2, -0.15) is 0 Å². The number of thioether (sulfide) groups is 1. The Kier molecular flexibility index (Phi) is 5.37. The van der Waals surface area contributed by atoms with Gasteiger partial charge in [0.25, 0.3) is 12.3 Å². The lowest BCUT2D eigenvalue weighted by atomic mass is 9.44. The van der Waals surface area contributed by atoms with Crippen LogP contribution in [0, 0.1) is 5.82 Å². The third-order valence-corrected chi connectivity index (χ3v) is 7.10. The second-order valence-electron chi connectivity index (χ2n) is 7.79. The fraction of sp³-hybridized carbons (Fsp3) is 0.556. The number of carbonyl (C=O) groups excluding carboxylic acids is 2. The van der Waals surface area contributed by atoms with E-state index in [0.29, 0.717) is 19.3 Å². The van der Waals surface area contributed by atoms with Gasteiger partial charge >= 0.3 is 0 Å². The number of hydrogen-bond donors (Lipinski definition) is 3. The van der Waals surface area contributed by atoms with Crippen LogP contribution < -0.4 is 20.7 Å². The minimum Gasteiger partial charge on any atom is -0.484 e. The Morgan fingerprint density at radius 3 is 2.59 bits per heavy atom. The highest BCUT2D eigenvalue weighted by Gasteiger charge is 2.69. The number of ether oxygens (including phenoxy) is 1. The third-order valence-electron chi connectivity index (χ3n) is 5.42. The summed E-state index contributed by atoms with van der Waals surface area (Å²) in [7, 11) is 0. The molecular weight excluding hydrogens is 431 g/mol. The number of halogens is 4. The molecule has 3 saturated carbocycles. The summed E-state index contributed by atoms with van der Waals surface area (Å²) in [6.07, 6.45) is -0.709. The first-order valence-electron chi connectivity index (χ1n) is 9.07. The molecule has 3 N–H and O–H groups in total. The lowest BCUT2D eigenvalue weighted by molar-refractivity contribution is -0.150. The van der Waals surface area contributed by atoms with Crippen molar-refractivity contribution in [2.45, 2.75) is 47.4 Å². The molecule has 1 heterocycles. The number of benzene rings is 1. The van der Waals surface area contributed by atoms with Crippen molar-refractivity contribution in [3.8, 4) is 5.75 Å². The quantitative estimate of drug-likeness (QED) is 0.594. The van der Waals surface area contributed by atoms with E-state index in [4.69, 9.17) is 16.3 Å². The van der Waals surface area contributed by atoms with Gasteiger partial charge < -0.3 is 15.4 Å². The van der Waals surface area contributed by atoms with Crippen molar-refractivity contribution >= 4 is 35.2 Å². The Labute approximate surface area is 174 Å². The molecule has 1 aromatic carbocycles. The number of nitrogens with one attached hydrogen (secondary N) is 3. The average Bonchev–Trinajstić information content (AvgIpc) is 3.10. The van der Waals surface area contributed by atoms with Crippen molar-refractivity contribution in [2.24, 2.45) is 0 Å². The van der Waals surface area contributed by atoms with Crippen molar-refractivity contribution in [2.75, 3.05) is 13.2 Å². The van der Waals surface area contributed by atoms with Crippen LogP contribution in [0.25, 0.3) is 0 Å². The molecule has 4 fully saturated rings. The molecule has 2 unspecified atom stereocenters. The lowest BCUT2D eigenvalue weighted by Crippen LogP contribution is -2.84. The van der Waals surface area contributed by atoms with Gasteiger partial charge in [0.05, 0.1) is 10.3 Å². The van der Waals surface area contributed by atoms with E-state index in [-0.39, 0.29) is 46.8 Å². The largest absolute Gasteiger partial charge is 0.484 e. The summed E-state index contributed by atoms with van der Waals surface area (Å²) in [5.41, 5.74) is -0.754. The summed E-state index contributed by atoms with van der Waals surface area (Å²) in [5.74, 6) is -1.07. The fourth-order valence-corrected chi connectivity index (χ4v) is 5.38. The Morgan fingerprint density at radius 1 is 1.28 bits per heavy atom. The Bertz CT molecular complexity index is 824. The standard InChI is InChI=1S/C18H19ClF3N3O3S/c19-10-2-1-9(3-11(10)20)28-5-13(26)24-17-6-18(7-17,8-17)25-15(27)16-23-4-12(29-16)14(21)22/h1-3,12,14,16,23H,4-8H2,(H,24,26)(H,25,27). The highest BCUT2D eigenvalue weighted by molar-refractivity contribution is 8.01. The van der Waals surface area contributed by atoms with E-state index in [1.54, 1.807) is 0 Å². The van der Waals surface area contributed by atoms with Gasteiger partial charge in [-0.15, -0.1) is 11.8 Å². The molecule has 1 saturated heterocycles. The maximum absolute atomic E-state index is 13.4. The summed E-state index contributed by atoms with van der Waals surface area (Å²) in [6.45, 7) is -0.162. The van der Waals surface area contributed by atoms with Gasteiger partial charge in [0, 0.05) is 23.7 Å². The highest BCUT2D eigenvalue weighted by atomic mass is 35.5. The first kappa shape index (κ1) is 20.6. The molecule has 29 heavy (non-hydrogen) atoms. The second-order valence-corrected chi connectivity index (χ2v) is 9.55. The number of amides is 2. The van der Waals surface area contributed by atoms with Gasteiger partial charge in [0.1, 0.15) is 16.9 Å². The highest BCUT2D eigenvalue weighted by Crippen LogP contribution is 2.60. The van der Waals surface area contributed by atoms with Gasteiger partial charge in [-0.05, 0) is 31.4 Å². The molecule has 4 aliphatic rings. The molecule has 158 valence electrons. The van der Waals surface area contributed by atoms with E-state index in [1.807, 2.05) is 0 Å². The number of hydrogen-bond acceptors (Lipinski definition) is 5. The van der Waals surface area contributed by atoms with E-state index < -0.39 is 22.9 Å². The van der Waals surface area contributed by atoms with Crippen molar-refractivity contribution in [3.05, 3.63) is 29.0 Å². The van der Waals surface area contributed by atoms with Crippen LogP contribution >= 0.6 is 23.4 Å². The molecular formula is C18H19ClF3N3O3S. The molecule has 0 radical (unpaired) electrons. The Balaban J connectivity index is 1.19. The van der Waals surface area contributed by atoms with Gasteiger partial charge in [-0.1, -0.05) is 11.6 Å². The molecule has 1 aliphatic heterocycles. The van der Waals surface area contributed by atoms with Crippen molar-refractivity contribution in [3.63, 3.8) is 0 Å². The summed E-state index contributed by atoms with van der Waals surface area (Å²) < 4.78 is 44.1. The normalized spacial score (nSPS) is 32.3. The van der Waals surface area contributed by atoms with Gasteiger partial charge in [0.15, 0.2) is 6.61 Å². The van der Waals surface area contributed by atoms with Gasteiger partial charge in [0.2, 0.25) is 5.91 Å². The van der Waals surface area contributed by atoms with E-state index in [9.17, 15) is 22.8 Å². The summed E-state index contributed by atoms with van der Waals surface area (Å²) in [4.78, 5) is 24.4. The predicted molar refractivity (Wildman–Crippen MR) is 102 cm³/mol. The molecule has 1 aromatic rings. The van der Waals surface area contributed by atoms with E-state index >= 15 is 0 Å². The maximum atomic E-state index is 13.4. The van der Waals surface area contributed by atoms with Gasteiger partial charge in [-0.3, -0.25) is 14.9 Å². The molecule has 3 aliphatic carbocycles. The summed E-state index contributed by atoms with van der Waals surface area (Å²) in [5, 5.41) is 7.04. The zero-order valence-corrected chi connectivity index (χ0v) is 16.7. The molecule has 2 bridgehead atoms. The SMILES string of the molecule is O=C(COc1ccc(Cl)c(F)c1)NC12CC(NC(=O)C3NCC(C(F)F)S3)(C1)C2. The average molecular weight is 450 g/mol. The van der Waals surface area contributed by atoms with Crippen LogP contribution in [-0.4, -0.2) is 53.1 Å². The third kappa shape index (κ3) is 4.15. The molecule has 6 nitrogen and oxygen atoms in total. The van der Waals surface area contributed by atoms with Crippen LogP contribution in [0.1, 0.15) is 19.3 Å². The summed E-state index contributed by atoms with van der Waals surface area (Å²) >= 11 is 6.54. The van der Waals surface area contributed by atoms with E-state index in [0.717, 1.165) is 17.8 Å². The number of alkyl halides is 2. The maximum Gasteiger partial charge on any atom is 0.258 e. The lowest BCUT2D eigenvalue weighted by Gasteiger charge is -2.70. The predicted octanol–water partition coefficient (Wildman–Crippen LogP) is 2.06. The van der Waals surface area contributed by atoms with Gasteiger partial charge in [-0.25, -0.2) is 13.2 Å². The smallest absolute Gasteiger partial charge is 0.258 e. The molecule has 0 spiro atoms. The van der Waals surface area contributed by atoms with Crippen molar-refractivity contribution < 1.29 is 27.5 Å². The van der Waals surface area contributed by atoms with Crippen LogP contribution in [0.5, 0.6) is 5.75 Å². The first-order valence-corrected chi connectivity index (χ1v) is 10.4. The van der Waals surface area contributed by atoms with Crippen molar-refractivity contribution in [1.29, 1.82) is 0 Å². The molecule has 0 aromatic heterocycles. The van der Waals surface area contributed by atoms with Crippen LogP contribution in [0.15, 0.2) is 18.2 Å². The zero-order chi connectivity index (χ0) is 20.8. The first-order chi connectivity index (χ1) is 13.7. The van der Waals surface area contributed by atoms with Crippen molar-refractivity contribution in [1.82, 2.24) is 16.0 Å². The Hall–Kier alpha value is -1.65. The minimum absolute atomic E-state index is 0.0288. The van der Waals surface area contributed by atoms with Crippen LogP contribution in [-0.2, 0) is 9.59 Å². The fourth-order valence-electron chi connectivity index (χ4n) is 4.22. The van der Waals surface area contributed by atoms with Crippen LogP contribution in [0.3, 0.4) is 0 Å². The minimum atomic E-state index is -2.47. The summed E-state index contributed by atoms with van der Waals surface area (Å²) in [6, 6.07) is 3.92. The molecule has 2 amide bonds. The molecule has 2 atom stereocenters. The van der Waals surface area contributed by atoms with Crippen LogP contribution in [0.4, 0.5) is 13.2 Å². The Morgan fingerprint density at radius 2 is 1.97 bits per heavy atom.